The molecule has 0 fully saturated rings. The van der Waals surface area contributed by atoms with Crippen LogP contribution in [0.5, 0.6) is 0 Å². The molecule has 0 amide bonds. The van der Waals surface area contributed by atoms with Gasteiger partial charge in [0.15, 0.2) is 0 Å². The van der Waals surface area contributed by atoms with Crippen LogP contribution in [0.3, 0.4) is 0 Å². The molecule has 0 spiro atoms. The third kappa shape index (κ3) is 4.23. The van der Waals surface area contributed by atoms with Crippen LogP contribution in [-0.4, -0.2) is 21.3 Å². The summed E-state index contributed by atoms with van der Waals surface area (Å²) in [4.78, 5) is 18.5. The molecule has 0 aliphatic rings. The Bertz CT molecular complexity index is 984. The van der Waals surface area contributed by atoms with Gasteiger partial charge in [-0.2, -0.15) is 13.2 Å². The van der Waals surface area contributed by atoms with Gasteiger partial charge < -0.3 is 0 Å². The van der Waals surface area contributed by atoms with Crippen molar-refractivity contribution in [1.29, 1.82) is 0 Å². The minimum Gasteiger partial charge on any atom is -0.296 e. The summed E-state index contributed by atoms with van der Waals surface area (Å²) in [6, 6.07) is 9.75. The van der Waals surface area contributed by atoms with Gasteiger partial charge in [-0.3, -0.25) is 14.1 Å². The zero-order chi connectivity index (χ0) is 18.9. The standard InChI is InChI=1S/C18H15ClF3N3O/c1-24(9-12-2-4-13(5-3-12)18(20,21)22)11-15-8-17(26)25-10-14(19)6-7-16(25)23-15/h2-8,10H,9,11H2,1H3. The van der Waals surface area contributed by atoms with Crippen LogP contribution in [0.1, 0.15) is 16.8 Å². The molecule has 26 heavy (non-hydrogen) atoms. The van der Waals surface area contributed by atoms with Crippen molar-refractivity contribution in [2.24, 2.45) is 0 Å². The number of nitrogens with zero attached hydrogens (tertiary/aromatic N) is 3. The number of fused-ring (bicyclic) bond motifs is 1. The number of halogens is 4. The third-order valence-corrected chi connectivity index (χ3v) is 4.07. The molecule has 8 heteroatoms. The van der Waals surface area contributed by atoms with Gasteiger partial charge in [-0.05, 0) is 36.9 Å². The van der Waals surface area contributed by atoms with Crippen molar-refractivity contribution in [1.82, 2.24) is 14.3 Å². The minimum atomic E-state index is -4.34. The molecule has 0 saturated carbocycles. The number of benzene rings is 1. The first-order valence-electron chi connectivity index (χ1n) is 7.75. The highest BCUT2D eigenvalue weighted by atomic mass is 35.5. The normalized spacial score (nSPS) is 12.1. The van der Waals surface area contributed by atoms with Crippen LogP contribution in [0.15, 0.2) is 53.5 Å². The lowest BCUT2D eigenvalue weighted by Crippen LogP contribution is -2.22. The summed E-state index contributed by atoms with van der Waals surface area (Å²) in [6.07, 6.45) is -2.84. The summed E-state index contributed by atoms with van der Waals surface area (Å²) in [5.74, 6) is 0. The molecule has 0 saturated heterocycles. The molecule has 0 unspecified atom stereocenters. The Kier molecular flexibility index (Phi) is 5.02. The smallest absolute Gasteiger partial charge is 0.296 e. The maximum atomic E-state index is 12.6. The number of rotatable bonds is 4. The predicted molar refractivity (Wildman–Crippen MR) is 93.1 cm³/mol. The number of aromatic nitrogens is 2. The quantitative estimate of drug-likeness (QED) is 0.685. The van der Waals surface area contributed by atoms with E-state index in [1.54, 1.807) is 12.1 Å². The summed E-state index contributed by atoms with van der Waals surface area (Å²) in [6.45, 7) is 0.815. The fourth-order valence-corrected chi connectivity index (χ4v) is 2.81. The Balaban J connectivity index is 1.74. The summed E-state index contributed by atoms with van der Waals surface area (Å²) < 4.78 is 39.2. The molecule has 2 heterocycles. The zero-order valence-corrected chi connectivity index (χ0v) is 14.6. The predicted octanol–water partition coefficient (Wildman–Crippen LogP) is 4.00. The van der Waals surface area contributed by atoms with E-state index in [2.05, 4.69) is 4.98 Å². The van der Waals surface area contributed by atoms with E-state index >= 15 is 0 Å². The van der Waals surface area contributed by atoms with Crippen LogP contribution in [0.4, 0.5) is 13.2 Å². The van der Waals surface area contributed by atoms with Gasteiger partial charge in [0.25, 0.3) is 5.56 Å². The molecule has 0 N–H and O–H groups in total. The van der Waals surface area contributed by atoms with Gasteiger partial charge in [0.2, 0.25) is 0 Å². The van der Waals surface area contributed by atoms with Gasteiger partial charge in [-0.25, -0.2) is 4.98 Å². The number of pyridine rings is 1. The average Bonchev–Trinajstić information content (AvgIpc) is 2.55. The Morgan fingerprint density at radius 2 is 1.81 bits per heavy atom. The van der Waals surface area contributed by atoms with Crippen LogP contribution in [0.25, 0.3) is 5.65 Å². The van der Waals surface area contributed by atoms with Crippen molar-refractivity contribution in [3.63, 3.8) is 0 Å². The molecule has 0 aliphatic carbocycles. The van der Waals surface area contributed by atoms with Gasteiger partial charge in [-0.15, -0.1) is 0 Å². The lowest BCUT2D eigenvalue weighted by Gasteiger charge is -2.17. The maximum Gasteiger partial charge on any atom is 0.416 e. The Labute approximate surface area is 152 Å². The maximum absolute atomic E-state index is 12.6. The summed E-state index contributed by atoms with van der Waals surface area (Å²) in [7, 11) is 1.81. The van der Waals surface area contributed by atoms with Gasteiger partial charge in [0, 0.05) is 25.4 Å². The first-order chi connectivity index (χ1) is 12.2. The van der Waals surface area contributed by atoms with Crippen LogP contribution >= 0.6 is 11.6 Å². The second-order valence-electron chi connectivity index (χ2n) is 6.03. The van der Waals surface area contributed by atoms with Crippen LogP contribution < -0.4 is 5.56 Å². The molecule has 3 rings (SSSR count). The van der Waals surface area contributed by atoms with E-state index in [1.165, 1.54) is 28.8 Å². The van der Waals surface area contributed by atoms with E-state index < -0.39 is 11.7 Å². The van der Waals surface area contributed by atoms with Gasteiger partial charge >= 0.3 is 6.18 Å². The Morgan fingerprint density at radius 3 is 2.46 bits per heavy atom. The van der Waals surface area contributed by atoms with Gasteiger partial charge in [0.05, 0.1) is 16.3 Å². The fraction of sp³-hybridized carbons (Fsp3) is 0.222. The molecular formula is C18H15ClF3N3O. The van der Waals surface area contributed by atoms with E-state index in [4.69, 9.17) is 11.6 Å². The largest absolute Gasteiger partial charge is 0.416 e. The molecule has 4 nitrogen and oxygen atoms in total. The van der Waals surface area contributed by atoms with Gasteiger partial charge in [-0.1, -0.05) is 23.7 Å². The number of hydrogen-bond donors (Lipinski definition) is 0. The summed E-state index contributed by atoms with van der Waals surface area (Å²) in [5.41, 5.74) is 0.888. The van der Waals surface area contributed by atoms with Crippen molar-refractivity contribution >= 4 is 17.2 Å². The zero-order valence-electron chi connectivity index (χ0n) is 13.8. The topological polar surface area (TPSA) is 37.6 Å². The highest BCUT2D eigenvalue weighted by Crippen LogP contribution is 2.29. The molecule has 1 aromatic carbocycles. The third-order valence-electron chi connectivity index (χ3n) is 3.84. The van der Waals surface area contributed by atoms with E-state index in [1.807, 2.05) is 11.9 Å². The van der Waals surface area contributed by atoms with E-state index in [0.29, 0.717) is 29.5 Å². The second-order valence-corrected chi connectivity index (χ2v) is 6.46. The molecule has 136 valence electrons. The summed E-state index contributed by atoms with van der Waals surface area (Å²) >= 11 is 5.88. The molecule has 2 aromatic heterocycles. The minimum absolute atomic E-state index is 0.240. The Hall–Kier alpha value is -2.38. The fourth-order valence-electron chi connectivity index (χ4n) is 2.65. The molecule has 0 bridgehead atoms. The van der Waals surface area contributed by atoms with Crippen molar-refractivity contribution in [3.05, 3.63) is 80.9 Å². The first kappa shape index (κ1) is 18.4. The van der Waals surface area contributed by atoms with Crippen molar-refractivity contribution in [2.75, 3.05) is 7.05 Å². The first-order valence-corrected chi connectivity index (χ1v) is 8.13. The molecule has 3 aromatic rings. The van der Waals surface area contributed by atoms with E-state index in [0.717, 1.165) is 17.7 Å². The average molecular weight is 382 g/mol. The number of hydrogen-bond acceptors (Lipinski definition) is 3. The molecule has 0 aliphatic heterocycles. The van der Waals surface area contributed by atoms with Crippen LogP contribution in [0.2, 0.25) is 5.02 Å². The van der Waals surface area contributed by atoms with Gasteiger partial charge in [0.1, 0.15) is 5.65 Å². The summed E-state index contributed by atoms with van der Waals surface area (Å²) in [5, 5.41) is 0.438. The van der Waals surface area contributed by atoms with Crippen LogP contribution in [0, 0.1) is 0 Å². The Morgan fingerprint density at radius 1 is 1.12 bits per heavy atom. The van der Waals surface area contributed by atoms with Crippen molar-refractivity contribution < 1.29 is 13.2 Å². The number of alkyl halides is 3. The van der Waals surface area contributed by atoms with E-state index in [9.17, 15) is 18.0 Å². The monoisotopic (exact) mass is 381 g/mol. The van der Waals surface area contributed by atoms with E-state index in [-0.39, 0.29) is 5.56 Å². The highest BCUT2D eigenvalue weighted by Gasteiger charge is 2.29. The second kappa shape index (κ2) is 7.09. The van der Waals surface area contributed by atoms with Crippen molar-refractivity contribution in [3.8, 4) is 0 Å². The molecule has 0 atom stereocenters. The lowest BCUT2D eigenvalue weighted by molar-refractivity contribution is -0.137. The lowest BCUT2D eigenvalue weighted by atomic mass is 10.1. The van der Waals surface area contributed by atoms with Crippen LogP contribution in [-0.2, 0) is 19.3 Å². The molecular weight excluding hydrogens is 367 g/mol. The molecule has 0 radical (unpaired) electrons. The highest BCUT2D eigenvalue weighted by molar-refractivity contribution is 6.30. The SMILES string of the molecule is CN(Cc1ccc(C(F)(F)F)cc1)Cc1cc(=O)n2cc(Cl)ccc2n1. The van der Waals surface area contributed by atoms with Crippen molar-refractivity contribution in [2.45, 2.75) is 19.3 Å².